The average molecular weight is 338 g/mol. The molecule has 0 saturated heterocycles. The van der Waals surface area contributed by atoms with Crippen LogP contribution in [0.2, 0.25) is 0 Å². The van der Waals surface area contributed by atoms with Crippen LogP contribution in [0.3, 0.4) is 0 Å². The van der Waals surface area contributed by atoms with Gasteiger partial charge in [0.25, 0.3) is 5.91 Å². The third-order valence-corrected chi connectivity index (χ3v) is 4.65. The van der Waals surface area contributed by atoms with E-state index in [9.17, 15) is 13.6 Å². The van der Waals surface area contributed by atoms with Crippen LogP contribution in [-0.4, -0.2) is 22.3 Å². The van der Waals surface area contributed by atoms with E-state index in [4.69, 9.17) is 0 Å². The number of carbonyl (C=O) groups is 1. The molecular formula is C20H16F2N2O. The Kier molecular flexibility index (Phi) is 3.64. The van der Waals surface area contributed by atoms with Gasteiger partial charge in [-0.1, -0.05) is 24.3 Å². The zero-order chi connectivity index (χ0) is 17.6. The second kappa shape index (κ2) is 5.84. The fourth-order valence-electron chi connectivity index (χ4n) is 3.32. The Morgan fingerprint density at radius 1 is 1.16 bits per heavy atom. The van der Waals surface area contributed by atoms with E-state index >= 15 is 0 Å². The van der Waals surface area contributed by atoms with Crippen molar-refractivity contribution in [3.63, 3.8) is 0 Å². The first kappa shape index (κ1) is 15.6. The summed E-state index contributed by atoms with van der Waals surface area (Å²) >= 11 is 0. The van der Waals surface area contributed by atoms with E-state index in [1.807, 2.05) is 25.1 Å². The molecule has 4 rings (SSSR count). The smallest absolute Gasteiger partial charge is 0.260 e. The maximum Gasteiger partial charge on any atom is 0.260 e. The maximum atomic E-state index is 13.9. The van der Waals surface area contributed by atoms with Crippen LogP contribution in [0.4, 0.5) is 8.78 Å². The van der Waals surface area contributed by atoms with Gasteiger partial charge >= 0.3 is 0 Å². The Morgan fingerprint density at radius 3 is 2.80 bits per heavy atom. The predicted octanol–water partition coefficient (Wildman–Crippen LogP) is 4.42. The first-order valence-electron chi connectivity index (χ1n) is 8.09. The van der Waals surface area contributed by atoms with Crippen LogP contribution in [0, 0.1) is 18.6 Å². The molecule has 2 heterocycles. The van der Waals surface area contributed by atoms with Crippen molar-refractivity contribution in [3.8, 4) is 0 Å². The lowest BCUT2D eigenvalue weighted by Gasteiger charge is -2.17. The molecule has 0 unspecified atom stereocenters. The van der Waals surface area contributed by atoms with Gasteiger partial charge in [0.2, 0.25) is 0 Å². The van der Waals surface area contributed by atoms with E-state index in [0.717, 1.165) is 33.8 Å². The Morgan fingerprint density at radius 2 is 1.96 bits per heavy atom. The zero-order valence-electron chi connectivity index (χ0n) is 13.6. The van der Waals surface area contributed by atoms with Gasteiger partial charge in [-0.05, 0) is 42.7 Å². The summed E-state index contributed by atoms with van der Waals surface area (Å²) in [6.07, 6.45) is 4.08. The van der Waals surface area contributed by atoms with Crippen molar-refractivity contribution >= 4 is 22.9 Å². The predicted molar refractivity (Wildman–Crippen MR) is 93.2 cm³/mol. The Labute approximate surface area is 143 Å². The highest BCUT2D eigenvalue weighted by Gasteiger charge is 2.22. The van der Waals surface area contributed by atoms with Crippen LogP contribution in [-0.2, 0) is 6.42 Å². The van der Waals surface area contributed by atoms with Gasteiger partial charge in [0.1, 0.15) is 0 Å². The second-order valence-corrected chi connectivity index (χ2v) is 6.18. The number of nitrogens with zero attached hydrogens (tertiary/aromatic N) is 1. The number of aromatic nitrogens is 1. The lowest BCUT2D eigenvalue weighted by Crippen LogP contribution is -2.28. The molecule has 0 saturated carbocycles. The van der Waals surface area contributed by atoms with E-state index in [0.29, 0.717) is 13.0 Å². The zero-order valence-corrected chi connectivity index (χ0v) is 13.6. The second-order valence-electron chi connectivity index (χ2n) is 6.18. The van der Waals surface area contributed by atoms with Crippen molar-refractivity contribution in [1.29, 1.82) is 0 Å². The molecule has 2 aromatic carbocycles. The normalized spacial score (nSPS) is 13.8. The summed E-state index contributed by atoms with van der Waals surface area (Å²) in [4.78, 5) is 17.4. The number of halogens is 2. The van der Waals surface area contributed by atoms with Crippen molar-refractivity contribution < 1.29 is 13.6 Å². The van der Waals surface area contributed by atoms with Gasteiger partial charge in [0.15, 0.2) is 11.6 Å². The number of fused-ring (bicyclic) bond motifs is 3. The highest BCUT2D eigenvalue weighted by atomic mass is 19.2. The molecule has 0 atom stereocenters. The third kappa shape index (κ3) is 2.52. The number of nitrogens with one attached hydrogen (secondary N) is 1. The molecule has 0 spiro atoms. The fourth-order valence-corrected chi connectivity index (χ4v) is 3.32. The van der Waals surface area contributed by atoms with E-state index < -0.39 is 17.5 Å². The number of H-pyrrole nitrogens is 1. The molecule has 0 aliphatic carbocycles. The summed E-state index contributed by atoms with van der Waals surface area (Å²) in [6, 6.07) is 9.75. The molecule has 5 heteroatoms. The van der Waals surface area contributed by atoms with Crippen LogP contribution in [0.5, 0.6) is 0 Å². The molecule has 25 heavy (non-hydrogen) atoms. The molecule has 3 aromatic rings. The number of benzene rings is 2. The summed E-state index contributed by atoms with van der Waals surface area (Å²) in [5, 5.41) is 1.13. The summed E-state index contributed by atoms with van der Waals surface area (Å²) in [7, 11) is 0. The van der Waals surface area contributed by atoms with Crippen LogP contribution in [0.25, 0.3) is 17.0 Å². The van der Waals surface area contributed by atoms with Crippen LogP contribution in [0.1, 0.15) is 27.2 Å². The largest absolute Gasteiger partial charge is 0.355 e. The number of carbonyl (C=O) groups excluding carboxylic acids is 1. The first-order valence-corrected chi connectivity index (χ1v) is 8.09. The van der Waals surface area contributed by atoms with E-state index in [1.54, 1.807) is 6.20 Å². The lowest BCUT2D eigenvalue weighted by atomic mass is 10.1. The number of aryl methyl sites for hydroxylation is 1. The molecule has 1 amide bonds. The fraction of sp³-hybridized carbons (Fsp3) is 0.150. The molecule has 0 bridgehead atoms. The van der Waals surface area contributed by atoms with Crippen molar-refractivity contribution in [2.24, 2.45) is 0 Å². The van der Waals surface area contributed by atoms with Gasteiger partial charge in [-0.2, -0.15) is 0 Å². The average Bonchev–Trinajstić information content (AvgIpc) is 2.83. The van der Waals surface area contributed by atoms with Crippen molar-refractivity contribution in [2.75, 3.05) is 6.54 Å². The van der Waals surface area contributed by atoms with E-state index in [2.05, 4.69) is 11.1 Å². The molecule has 3 nitrogen and oxygen atoms in total. The van der Waals surface area contributed by atoms with Crippen LogP contribution < -0.4 is 0 Å². The lowest BCUT2D eigenvalue weighted by molar-refractivity contribution is 0.0819. The quantitative estimate of drug-likeness (QED) is 0.700. The molecule has 1 N–H and O–H groups in total. The molecule has 126 valence electrons. The van der Waals surface area contributed by atoms with Gasteiger partial charge in [0, 0.05) is 29.3 Å². The molecule has 1 aliphatic rings. The number of hydrogen-bond acceptors (Lipinski definition) is 1. The third-order valence-electron chi connectivity index (χ3n) is 4.65. The number of para-hydroxylation sites is 1. The van der Waals surface area contributed by atoms with Gasteiger partial charge in [-0.25, -0.2) is 8.78 Å². The maximum absolute atomic E-state index is 13.9. The number of rotatable bonds is 1. The summed E-state index contributed by atoms with van der Waals surface area (Å²) in [6.45, 7) is 2.45. The molecule has 0 radical (unpaired) electrons. The van der Waals surface area contributed by atoms with E-state index in [-0.39, 0.29) is 5.56 Å². The minimum Gasteiger partial charge on any atom is -0.355 e. The monoisotopic (exact) mass is 338 g/mol. The van der Waals surface area contributed by atoms with Crippen molar-refractivity contribution in [2.45, 2.75) is 13.3 Å². The van der Waals surface area contributed by atoms with Crippen molar-refractivity contribution in [1.82, 2.24) is 9.88 Å². The molecule has 0 fully saturated rings. The Bertz CT molecular complexity index is 1020. The van der Waals surface area contributed by atoms with Crippen molar-refractivity contribution in [3.05, 3.63) is 76.6 Å². The highest BCUT2D eigenvalue weighted by Crippen LogP contribution is 2.28. The number of amides is 1. The highest BCUT2D eigenvalue weighted by molar-refractivity contribution is 5.96. The minimum absolute atomic E-state index is 0.254. The van der Waals surface area contributed by atoms with Gasteiger partial charge < -0.3 is 9.88 Å². The Balaban J connectivity index is 1.69. The van der Waals surface area contributed by atoms with Gasteiger partial charge in [-0.15, -0.1) is 0 Å². The number of hydrogen-bond donors (Lipinski definition) is 1. The standard InChI is InChI=1S/C20H16F2N2O/c1-12-4-2-5-14-13-8-10-24(11-9-17(13)23-19(12)14)20(25)15-6-3-7-16(21)18(15)22/h2-7,9,11,23H,8,10H2,1H3. The summed E-state index contributed by atoms with van der Waals surface area (Å²) in [5.74, 6) is -2.67. The molecular weight excluding hydrogens is 322 g/mol. The topological polar surface area (TPSA) is 36.1 Å². The minimum atomic E-state index is -1.11. The Hall–Kier alpha value is -2.95. The summed E-state index contributed by atoms with van der Waals surface area (Å²) in [5.41, 5.74) is 4.07. The van der Waals surface area contributed by atoms with Crippen LogP contribution >= 0.6 is 0 Å². The number of aromatic amines is 1. The first-order chi connectivity index (χ1) is 12.1. The van der Waals surface area contributed by atoms with Gasteiger partial charge in [-0.3, -0.25) is 4.79 Å². The van der Waals surface area contributed by atoms with E-state index in [1.165, 1.54) is 17.0 Å². The van der Waals surface area contributed by atoms with Gasteiger partial charge in [0.05, 0.1) is 5.56 Å². The SMILES string of the molecule is Cc1cccc2c3c([nH]c12)C=CN(C(=O)c1cccc(F)c1F)CC3. The molecule has 1 aromatic heterocycles. The molecule has 1 aliphatic heterocycles. The van der Waals surface area contributed by atoms with Crippen LogP contribution in [0.15, 0.2) is 42.6 Å². The summed E-state index contributed by atoms with van der Waals surface area (Å²) < 4.78 is 27.3.